The molecule has 0 spiro atoms. The van der Waals surface area contributed by atoms with E-state index < -0.39 is 0 Å². The summed E-state index contributed by atoms with van der Waals surface area (Å²) in [4.78, 5) is 28.5. The van der Waals surface area contributed by atoms with E-state index in [0.717, 1.165) is 76.4 Å². The van der Waals surface area contributed by atoms with E-state index in [1.54, 1.807) is 4.90 Å². The number of hydrogen-bond donors (Lipinski definition) is 0. The van der Waals surface area contributed by atoms with E-state index in [4.69, 9.17) is 0 Å². The van der Waals surface area contributed by atoms with Crippen LogP contribution in [0.2, 0.25) is 0 Å². The van der Waals surface area contributed by atoms with Gasteiger partial charge in [-0.05, 0) is 38.5 Å². The van der Waals surface area contributed by atoms with E-state index in [2.05, 4.69) is 14.8 Å². The predicted molar refractivity (Wildman–Crippen MR) is 101 cm³/mol. The Morgan fingerprint density at radius 3 is 2.44 bits per heavy atom. The summed E-state index contributed by atoms with van der Waals surface area (Å²) in [5.41, 5.74) is 0. The number of piperidine rings is 1. The van der Waals surface area contributed by atoms with Gasteiger partial charge in [0.05, 0.1) is 6.54 Å². The van der Waals surface area contributed by atoms with Crippen LogP contribution in [0.25, 0.3) is 0 Å². The Hall–Kier alpha value is -1.92. The van der Waals surface area contributed by atoms with Gasteiger partial charge in [0.25, 0.3) is 0 Å². The molecular weight excluding hydrogens is 342 g/mol. The van der Waals surface area contributed by atoms with Crippen LogP contribution < -0.4 is 0 Å². The Morgan fingerprint density at radius 1 is 0.889 bits per heavy atom. The Kier molecular flexibility index (Phi) is 5.74. The van der Waals surface area contributed by atoms with E-state index in [0.29, 0.717) is 12.3 Å². The summed E-state index contributed by atoms with van der Waals surface area (Å²) in [6.07, 6.45) is 10.3. The molecule has 2 amide bonds. The van der Waals surface area contributed by atoms with Crippen molar-refractivity contribution in [2.24, 2.45) is 0 Å². The number of nitrogens with zero attached hydrogens (tertiary/aromatic N) is 5. The van der Waals surface area contributed by atoms with E-state index in [1.165, 1.54) is 19.3 Å². The van der Waals surface area contributed by atoms with Crippen LogP contribution in [0.5, 0.6) is 0 Å². The fraction of sp³-hybridized carbons (Fsp3) is 0.800. The van der Waals surface area contributed by atoms with Crippen molar-refractivity contribution >= 4 is 11.8 Å². The molecule has 0 radical (unpaired) electrons. The highest BCUT2D eigenvalue weighted by molar-refractivity contribution is 5.85. The Bertz CT molecular complexity index is 678. The standard InChI is InChI=1S/C20H31N5O2/c26-18-8-4-2-5-11-24(18)15-19(27)23-13-9-16(10-14-23)20-22-21-17-7-3-1-6-12-25(17)20/h16H,1-15H2. The fourth-order valence-corrected chi connectivity index (χ4v) is 4.67. The molecule has 7 heteroatoms. The first kappa shape index (κ1) is 18.4. The first-order valence-electron chi connectivity index (χ1n) is 10.7. The lowest BCUT2D eigenvalue weighted by Gasteiger charge is -2.33. The highest BCUT2D eigenvalue weighted by Gasteiger charge is 2.29. The highest BCUT2D eigenvalue weighted by Crippen LogP contribution is 2.29. The van der Waals surface area contributed by atoms with Crippen LogP contribution in [-0.4, -0.2) is 62.6 Å². The zero-order valence-electron chi connectivity index (χ0n) is 16.2. The number of aromatic nitrogens is 3. The molecule has 2 fully saturated rings. The summed E-state index contributed by atoms with van der Waals surface area (Å²) in [5, 5.41) is 8.93. The number of carbonyl (C=O) groups is 2. The van der Waals surface area contributed by atoms with Crippen LogP contribution in [0.15, 0.2) is 0 Å². The van der Waals surface area contributed by atoms with Gasteiger partial charge in [-0.25, -0.2) is 0 Å². The van der Waals surface area contributed by atoms with Gasteiger partial charge in [0.1, 0.15) is 11.6 Å². The van der Waals surface area contributed by atoms with Gasteiger partial charge in [0, 0.05) is 44.9 Å². The van der Waals surface area contributed by atoms with Gasteiger partial charge in [-0.3, -0.25) is 9.59 Å². The smallest absolute Gasteiger partial charge is 0.242 e. The number of likely N-dealkylation sites (tertiary alicyclic amines) is 2. The molecule has 0 saturated carbocycles. The molecule has 4 heterocycles. The number of rotatable bonds is 3. The second-order valence-corrected chi connectivity index (χ2v) is 8.22. The minimum Gasteiger partial charge on any atom is -0.341 e. The second kappa shape index (κ2) is 8.40. The topological polar surface area (TPSA) is 71.3 Å². The third-order valence-corrected chi connectivity index (χ3v) is 6.35. The molecule has 2 saturated heterocycles. The van der Waals surface area contributed by atoms with Gasteiger partial charge in [0.2, 0.25) is 11.8 Å². The van der Waals surface area contributed by atoms with Crippen molar-refractivity contribution in [1.82, 2.24) is 24.6 Å². The van der Waals surface area contributed by atoms with Crippen LogP contribution in [-0.2, 0) is 22.6 Å². The van der Waals surface area contributed by atoms with Crippen LogP contribution in [0.3, 0.4) is 0 Å². The van der Waals surface area contributed by atoms with Crippen molar-refractivity contribution in [1.29, 1.82) is 0 Å². The molecule has 0 aromatic carbocycles. The maximum atomic E-state index is 12.7. The zero-order chi connectivity index (χ0) is 18.6. The first-order chi connectivity index (χ1) is 13.2. The molecule has 27 heavy (non-hydrogen) atoms. The maximum Gasteiger partial charge on any atom is 0.242 e. The molecule has 0 atom stereocenters. The fourth-order valence-electron chi connectivity index (χ4n) is 4.67. The average molecular weight is 374 g/mol. The Morgan fingerprint density at radius 2 is 1.63 bits per heavy atom. The van der Waals surface area contributed by atoms with Gasteiger partial charge >= 0.3 is 0 Å². The number of amides is 2. The van der Waals surface area contributed by atoms with E-state index in [9.17, 15) is 9.59 Å². The Balaban J connectivity index is 1.33. The van der Waals surface area contributed by atoms with Crippen LogP contribution >= 0.6 is 0 Å². The second-order valence-electron chi connectivity index (χ2n) is 8.22. The minimum atomic E-state index is 0.101. The molecule has 0 aliphatic carbocycles. The lowest BCUT2D eigenvalue weighted by molar-refractivity contribution is -0.140. The lowest BCUT2D eigenvalue weighted by atomic mass is 9.95. The lowest BCUT2D eigenvalue weighted by Crippen LogP contribution is -2.45. The predicted octanol–water partition coefficient (Wildman–Crippen LogP) is 2.11. The van der Waals surface area contributed by atoms with E-state index in [1.807, 2.05) is 4.90 Å². The van der Waals surface area contributed by atoms with Gasteiger partial charge in [-0.15, -0.1) is 10.2 Å². The first-order valence-corrected chi connectivity index (χ1v) is 10.7. The number of aryl methyl sites for hydroxylation is 1. The van der Waals surface area contributed by atoms with Gasteiger partial charge in [-0.2, -0.15) is 0 Å². The summed E-state index contributed by atoms with van der Waals surface area (Å²) >= 11 is 0. The molecule has 1 aromatic heterocycles. The normalized spacial score (nSPS) is 22.3. The monoisotopic (exact) mass is 373 g/mol. The summed E-state index contributed by atoms with van der Waals surface area (Å²) in [5.74, 6) is 2.90. The molecule has 0 bridgehead atoms. The Labute approximate surface area is 161 Å². The molecular formula is C20H31N5O2. The molecule has 3 aliphatic rings. The van der Waals surface area contributed by atoms with Crippen molar-refractivity contribution in [2.75, 3.05) is 26.2 Å². The van der Waals surface area contributed by atoms with E-state index >= 15 is 0 Å². The summed E-state index contributed by atoms with van der Waals surface area (Å²) in [6, 6.07) is 0. The number of hydrogen-bond acceptors (Lipinski definition) is 4. The highest BCUT2D eigenvalue weighted by atomic mass is 16.2. The van der Waals surface area contributed by atoms with Gasteiger partial charge in [0.15, 0.2) is 0 Å². The number of fused-ring (bicyclic) bond motifs is 1. The zero-order valence-corrected chi connectivity index (χ0v) is 16.2. The van der Waals surface area contributed by atoms with E-state index in [-0.39, 0.29) is 18.4 Å². The largest absolute Gasteiger partial charge is 0.341 e. The van der Waals surface area contributed by atoms with Crippen molar-refractivity contribution < 1.29 is 9.59 Å². The summed E-state index contributed by atoms with van der Waals surface area (Å²) in [6.45, 7) is 3.53. The summed E-state index contributed by atoms with van der Waals surface area (Å²) < 4.78 is 2.34. The van der Waals surface area contributed by atoms with Crippen molar-refractivity contribution in [3.05, 3.63) is 11.6 Å². The molecule has 4 rings (SSSR count). The van der Waals surface area contributed by atoms with Crippen molar-refractivity contribution in [2.45, 2.75) is 76.7 Å². The molecule has 3 aliphatic heterocycles. The minimum absolute atomic E-state index is 0.101. The van der Waals surface area contributed by atoms with Gasteiger partial charge < -0.3 is 14.4 Å². The number of carbonyl (C=O) groups excluding carboxylic acids is 2. The average Bonchev–Trinajstić information content (AvgIpc) is 2.83. The quantitative estimate of drug-likeness (QED) is 0.814. The third-order valence-electron chi connectivity index (χ3n) is 6.35. The SMILES string of the molecule is O=C(CN1CCCCCC1=O)N1CCC(c2nnc3n2CCCCC3)CC1. The molecule has 148 valence electrons. The third kappa shape index (κ3) is 4.17. The van der Waals surface area contributed by atoms with Crippen LogP contribution in [0.1, 0.15) is 75.4 Å². The molecule has 7 nitrogen and oxygen atoms in total. The van der Waals surface area contributed by atoms with Crippen LogP contribution in [0.4, 0.5) is 0 Å². The summed E-state index contributed by atoms with van der Waals surface area (Å²) in [7, 11) is 0. The van der Waals surface area contributed by atoms with Gasteiger partial charge in [-0.1, -0.05) is 12.8 Å². The molecule has 0 unspecified atom stereocenters. The molecule has 0 N–H and O–H groups in total. The van der Waals surface area contributed by atoms with Crippen LogP contribution in [0, 0.1) is 0 Å². The molecule has 1 aromatic rings. The van der Waals surface area contributed by atoms with Crippen molar-refractivity contribution in [3.63, 3.8) is 0 Å². The maximum absolute atomic E-state index is 12.7. The van der Waals surface area contributed by atoms with Crippen molar-refractivity contribution in [3.8, 4) is 0 Å².